The van der Waals surface area contributed by atoms with Gasteiger partial charge in [0.25, 0.3) is 0 Å². The second-order valence-electron chi connectivity index (χ2n) is 9.82. The second-order valence-corrected chi connectivity index (χ2v) is 9.82. The fraction of sp³-hybridized carbons (Fsp3) is 0.429. The predicted octanol–water partition coefficient (Wildman–Crippen LogP) is 5.40. The maximum atomic E-state index is 14.9. The van der Waals surface area contributed by atoms with E-state index >= 15 is 0 Å². The van der Waals surface area contributed by atoms with Gasteiger partial charge in [-0.1, -0.05) is 18.2 Å². The highest BCUT2D eigenvalue weighted by atomic mass is 19.1. The van der Waals surface area contributed by atoms with Gasteiger partial charge in [-0.2, -0.15) is 0 Å². The third kappa shape index (κ3) is 4.87. The lowest BCUT2D eigenvalue weighted by Gasteiger charge is -2.34. The zero-order chi connectivity index (χ0) is 24.5. The zero-order valence-corrected chi connectivity index (χ0v) is 20.6. The molecule has 2 aliphatic rings. The highest BCUT2D eigenvalue weighted by Gasteiger charge is 2.26. The van der Waals surface area contributed by atoms with Crippen molar-refractivity contribution in [2.24, 2.45) is 0 Å². The van der Waals surface area contributed by atoms with Crippen LogP contribution in [0.1, 0.15) is 55.1 Å². The lowest BCUT2D eigenvalue weighted by molar-refractivity contribution is 0.287. The van der Waals surface area contributed by atoms with Crippen molar-refractivity contribution in [3.05, 3.63) is 70.7 Å². The molecule has 1 N–H and O–H groups in total. The zero-order valence-electron chi connectivity index (χ0n) is 20.6. The maximum Gasteiger partial charge on any atom is 0.178 e. The summed E-state index contributed by atoms with van der Waals surface area (Å²) in [6.45, 7) is 9.42. The Bertz CT molecular complexity index is 1220. The van der Waals surface area contributed by atoms with E-state index in [1.54, 1.807) is 6.07 Å². The number of benzene rings is 2. The van der Waals surface area contributed by atoms with Crippen LogP contribution in [-0.4, -0.2) is 42.3 Å². The summed E-state index contributed by atoms with van der Waals surface area (Å²) < 4.78 is 35.4. The van der Waals surface area contributed by atoms with Crippen molar-refractivity contribution in [1.29, 1.82) is 0 Å². The molecule has 2 aliphatic heterocycles. The van der Waals surface area contributed by atoms with Crippen molar-refractivity contribution >= 4 is 5.69 Å². The second kappa shape index (κ2) is 9.90. The maximum absolute atomic E-state index is 14.9. The first-order valence-electron chi connectivity index (χ1n) is 12.5. The minimum absolute atomic E-state index is 0.106. The Morgan fingerprint density at radius 1 is 1.11 bits per heavy atom. The molecule has 5 rings (SSSR count). The normalized spacial score (nSPS) is 16.3. The fourth-order valence-corrected chi connectivity index (χ4v) is 5.29. The number of aryl methyl sites for hydroxylation is 1. The van der Waals surface area contributed by atoms with Crippen LogP contribution in [0.2, 0.25) is 0 Å². The molecule has 3 aromatic rings. The van der Waals surface area contributed by atoms with E-state index in [0.29, 0.717) is 42.6 Å². The largest absolute Gasteiger partial charge is 0.486 e. The van der Waals surface area contributed by atoms with Crippen molar-refractivity contribution in [3.63, 3.8) is 0 Å². The summed E-state index contributed by atoms with van der Waals surface area (Å²) in [4.78, 5) is 10.8. The molecule has 0 spiro atoms. The standard InChI is InChI=1S/C28H32F2N4O/c1-17(2)34-10-11-35-28-23(29)14-21(15-25(28)34)27-24(30)16-32-26(33-27)13-19-4-5-22(18(3)12-19)20-6-8-31-9-7-20/h4-5,12,14-17,20,31H,6-11,13H2,1-3H3. The first-order chi connectivity index (χ1) is 16.9. The number of fused-ring (bicyclic) bond motifs is 1. The van der Waals surface area contributed by atoms with Crippen molar-refractivity contribution in [2.75, 3.05) is 31.1 Å². The molecule has 5 nitrogen and oxygen atoms in total. The molecule has 3 heterocycles. The first kappa shape index (κ1) is 23.7. The van der Waals surface area contributed by atoms with E-state index in [0.717, 1.165) is 31.5 Å². The van der Waals surface area contributed by atoms with Gasteiger partial charge in [0.1, 0.15) is 18.1 Å². The summed E-state index contributed by atoms with van der Waals surface area (Å²) in [6.07, 6.45) is 3.97. The van der Waals surface area contributed by atoms with E-state index in [4.69, 9.17) is 4.74 Å². The minimum atomic E-state index is -0.571. The Hall–Kier alpha value is -3.06. The van der Waals surface area contributed by atoms with E-state index < -0.39 is 11.6 Å². The van der Waals surface area contributed by atoms with E-state index in [2.05, 4.69) is 45.3 Å². The van der Waals surface area contributed by atoms with E-state index in [1.807, 2.05) is 13.8 Å². The number of halogens is 2. The van der Waals surface area contributed by atoms with Gasteiger partial charge in [0, 0.05) is 18.0 Å². The molecule has 184 valence electrons. The van der Waals surface area contributed by atoms with Gasteiger partial charge >= 0.3 is 0 Å². The smallest absolute Gasteiger partial charge is 0.178 e. The third-order valence-electron chi connectivity index (χ3n) is 7.08. The van der Waals surface area contributed by atoms with Gasteiger partial charge in [-0.15, -0.1) is 0 Å². The monoisotopic (exact) mass is 478 g/mol. The average Bonchev–Trinajstić information content (AvgIpc) is 2.85. The van der Waals surface area contributed by atoms with Crippen LogP contribution >= 0.6 is 0 Å². The van der Waals surface area contributed by atoms with E-state index in [9.17, 15) is 8.78 Å². The van der Waals surface area contributed by atoms with Crippen molar-refractivity contribution in [2.45, 2.75) is 52.0 Å². The van der Waals surface area contributed by atoms with Crippen LogP contribution in [0.4, 0.5) is 14.5 Å². The van der Waals surface area contributed by atoms with Crippen LogP contribution in [0.25, 0.3) is 11.3 Å². The molecule has 35 heavy (non-hydrogen) atoms. The molecule has 0 amide bonds. The van der Waals surface area contributed by atoms with E-state index in [1.165, 1.54) is 23.4 Å². The third-order valence-corrected chi connectivity index (χ3v) is 7.08. The molecule has 0 aliphatic carbocycles. The van der Waals surface area contributed by atoms with Crippen LogP contribution in [-0.2, 0) is 6.42 Å². The highest BCUT2D eigenvalue weighted by Crippen LogP contribution is 2.39. The predicted molar refractivity (Wildman–Crippen MR) is 134 cm³/mol. The molecule has 0 atom stereocenters. The molecular weight excluding hydrogens is 446 g/mol. The fourth-order valence-electron chi connectivity index (χ4n) is 5.29. The Balaban J connectivity index is 1.43. The van der Waals surface area contributed by atoms with Crippen LogP contribution in [0.15, 0.2) is 36.5 Å². The number of anilines is 1. The van der Waals surface area contributed by atoms with Crippen molar-refractivity contribution in [3.8, 4) is 17.0 Å². The topological polar surface area (TPSA) is 50.3 Å². The molecule has 7 heteroatoms. The first-order valence-corrected chi connectivity index (χ1v) is 12.5. The SMILES string of the molecule is Cc1cc(Cc2ncc(F)c(-c3cc(F)c4c(c3)N(C(C)C)CCO4)n2)ccc1C1CCNCC1. The summed E-state index contributed by atoms with van der Waals surface area (Å²) in [7, 11) is 0. The summed E-state index contributed by atoms with van der Waals surface area (Å²) in [5, 5.41) is 3.42. The molecule has 1 saturated heterocycles. The number of hydrogen-bond donors (Lipinski definition) is 1. The quantitative estimate of drug-likeness (QED) is 0.533. The molecule has 0 radical (unpaired) electrons. The molecule has 0 unspecified atom stereocenters. The summed E-state index contributed by atoms with van der Waals surface area (Å²) in [6, 6.07) is 9.74. The molecule has 0 bridgehead atoms. The van der Waals surface area contributed by atoms with Crippen LogP contribution in [0, 0.1) is 18.6 Å². The van der Waals surface area contributed by atoms with Crippen LogP contribution < -0.4 is 15.0 Å². The van der Waals surface area contributed by atoms with Crippen LogP contribution in [0.3, 0.4) is 0 Å². The Morgan fingerprint density at radius 2 is 1.91 bits per heavy atom. The number of ether oxygens (including phenoxy) is 1. The average molecular weight is 479 g/mol. The number of nitrogens with one attached hydrogen (secondary N) is 1. The summed E-state index contributed by atoms with van der Waals surface area (Å²) >= 11 is 0. The number of nitrogens with zero attached hydrogens (tertiary/aromatic N) is 3. The van der Waals surface area contributed by atoms with Gasteiger partial charge in [0.05, 0.1) is 18.4 Å². The molecule has 2 aromatic carbocycles. The van der Waals surface area contributed by atoms with Gasteiger partial charge in [0.2, 0.25) is 0 Å². The summed E-state index contributed by atoms with van der Waals surface area (Å²) in [5.41, 5.74) is 4.86. The lowest BCUT2D eigenvalue weighted by Crippen LogP contribution is -2.38. The molecular formula is C28H32F2N4O. The minimum Gasteiger partial charge on any atom is -0.486 e. The van der Waals surface area contributed by atoms with Crippen molar-refractivity contribution in [1.82, 2.24) is 15.3 Å². The van der Waals surface area contributed by atoms with Gasteiger partial charge < -0.3 is 15.0 Å². The summed E-state index contributed by atoms with van der Waals surface area (Å²) in [5.74, 6) is 0.232. The number of aromatic nitrogens is 2. The lowest BCUT2D eigenvalue weighted by atomic mass is 9.86. The van der Waals surface area contributed by atoms with Gasteiger partial charge in [-0.3, -0.25) is 0 Å². The Labute approximate surface area is 205 Å². The molecule has 1 fully saturated rings. The number of rotatable bonds is 5. The van der Waals surface area contributed by atoms with Gasteiger partial charge in [-0.05, 0) is 81.4 Å². The van der Waals surface area contributed by atoms with Gasteiger partial charge in [0.15, 0.2) is 17.4 Å². The highest BCUT2D eigenvalue weighted by molar-refractivity contribution is 5.72. The molecule has 0 saturated carbocycles. The Kier molecular flexibility index (Phi) is 6.69. The number of hydrogen-bond acceptors (Lipinski definition) is 5. The van der Waals surface area contributed by atoms with Gasteiger partial charge in [-0.25, -0.2) is 18.7 Å². The van der Waals surface area contributed by atoms with Crippen molar-refractivity contribution < 1.29 is 13.5 Å². The van der Waals surface area contributed by atoms with Crippen LogP contribution in [0.5, 0.6) is 5.75 Å². The van der Waals surface area contributed by atoms with E-state index in [-0.39, 0.29) is 17.5 Å². The number of piperidine rings is 1. The molecule has 1 aromatic heterocycles. The Morgan fingerprint density at radius 3 is 2.66 bits per heavy atom.